The van der Waals surface area contributed by atoms with Crippen molar-refractivity contribution in [2.45, 2.75) is 46.5 Å². The molecule has 20 heavy (non-hydrogen) atoms. The van der Waals surface area contributed by atoms with Crippen LogP contribution in [0.3, 0.4) is 0 Å². The van der Waals surface area contributed by atoms with Gasteiger partial charge in [-0.1, -0.05) is 20.8 Å². The van der Waals surface area contributed by atoms with Gasteiger partial charge in [0.25, 0.3) is 0 Å². The SMILES string of the molecule is CCSC1=C(C#N)[C@@H](CC(C)C)C2=C(CCCC2=O)N1. The first-order valence-corrected chi connectivity index (χ1v) is 8.37. The molecule has 4 heteroatoms. The number of thioether (sulfide) groups is 1. The molecule has 0 radical (unpaired) electrons. The first-order chi connectivity index (χ1) is 9.58. The van der Waals surface area contributed by atoms with Crippen molar-refractivity contribution in [1.82, 2.24) is 5.32 Å². The average Bonchev–Trinajstić information content (AvgIpc) is 2.38. The second-order valence-electron chi connectivity index (χ2n) is 5.76. The molecule has 0 aromatic heterocycles. The molecular weight excluding hydrogens is 268 g/mol. The highest BCUT2D eigenvalue weighted by Gasteiger charge is 2.35. The van der Waals surface area contributed by atoms with Crippen LogP contribution in [0.1, 0.15) is 46.5 Å². The predicted molar refractivity (Wildman–Crippen MR) is 82.7 cm³/mol. The minimum atomic E-state index is -0.00176. The molecule has 0 saturated carbocycles. The Balaban J connectivity index is 2.44. The Bertz CT molecular complexity index is 511. The molecule has 3 nitrogen and oxygen atoms in total. The van der Waals surface area contributed by atoms with Crippen molar-refractivity contribution in [1.29, 1.82) is 5.26 Å². The number of hydrogen-bond donors (Lipinski definition) is 1. The van der Waals surface area contributed by atoms with E-state index in [4.69, 9.17) is 0 Å². The summed E-state index contributed by atoms with van der Waals surface area (Å²) in [6.45, 7) is 6.39. The number of dihydropyridines is 1. The summed E-state index contributed by atoms with van der Waals surface area (Å²) in [6, 6.07) is 2.36. The van der Waals surface area contributed by atoms with E-state index in [-0.39, 0.29) is 11.7 Å². The lowest BCUT2D eigenvalue weighted by Gasteiger charge is -2.33. The van der Waals surface area contributed by atoms with Gasteiger partial charge in [-0.3, -0.25) is 4.79 Å². The summed E-state index contributed by atoms with van der Waals surface area (Å²) in [6.07, 6.45) is 3.36. The van der Waals surface area contributed by atoms with Gasteiger partial charge in [0.05, 0.1) is 16.7 Å². The number of carbonyl (C=O) groups excluding carboxylic acids is 1. The number of nitrogens with one attached hydrogen (secondary N) is 1. The molecule has 0 amide bonds. The second-order valence-corrected chi connectivity index (χ2v) is 7.04. The molecule has 0 spiro atoms. The molecule has 0 saturated heterocycles. The highest BCUT2D eigenvalue weighted by atomic mass is 32.2. The van der Waals surface area contributed by atoms with Gasteiger partial charge in [0.2, 0.25) is 0 Å². The highest BCUT2D eigenvalue weighted by Crippen LogP contribution is 2.41. The molecular formula is C16H22N2OS. The van der Waals surface area contributed by atoms with Crippen LogP contribution in [0.5, 0.6) is 0 Å². The average molecular weight is 290 g/mol. The molecule has 0 fully saturated rings. The van der Waals surface area contributed by atoms with Gasteiger partial charge in [-0.15, -0.1) is 11.8 Å². The molecule has 1 heterocycles. The largest absolute Gasteiger partial charge is 0.352 e. The van der Waals surface area contributed by atoms with E-state index in [1.54, 1.807) is 11.8 Å². The lowest BCUT2D eigenvalue weighted by atomic mass is 9.77. The number of allylic oxidation sites excluding steroid dienone is 3. The van der Waals surface area contributed by atoms with Crippen molar-refractivity contribution in [2.75, 3.05) is 5.75 Å². The molecule has 108 valence electrons. The van der Waals surface area contributed by atoms with E-state index in [9.17, 15) is 10.1 Å². The molecule has 1 atom stereocenters. The quantitative estimate of drug-likeness (QED) is 0.856. The van der Waals surface area contributed by atoms with E-state index in [0.29, 0.717) is 12.3 Å². The van der Waals surface area contributed by atoms with Crippen LogP contribution in [0.15, 0.2) is 21.9 Å². The van der Waals surface area contributed by atoms with Gasteiger partial charge < -0.3 is 5.32 Å². The molecule has 1 aliphatic carbocycles. The zero-order valence-corrected chi connectivity index (χ0v) is 13.3. The maximum absolute atomic E-state index is 12.3. The van der Waals surface area contributed by atoms with E-state index < -0.39 is 0 Å². The summed E-state index contributed by atoms with van der Waals surface area (Å²) >= 11 is 1.67. The fraction of sp³-hybridized carbons (Fsp3) is 0.625. The zero-order chi connectivity index (χ0) is 14.7. The van der Waals surface area contributed by atoms with Crippen molar-refractivity contribution < 1.29 is 4.79 Å². The number of carbonyl (C=O) groups is 1. The van der Waals surface area contributed by atoms with Crippen LogP contribution in [0.4, 0.5) is 0 Å². The Hall–Kier alpha value is -1.21. The Labute approximate surface area is 125 Å². The van der Waals surface area contributed by atoms with Crippen molar-refractivity contribution in [3.05, 3.63) is 21.9 Å². The van der Waals surface area contributed by atoms with Crippen molar-refractivity contribution in [2.24, 2.45) is 11.8 Å². The summed E-state index contributed by atoms with van der Waals surface area (Å²) in [4.78, 5) is 12.3. The van der Waals surface area contributed by atoms with Crippen LogP contribution in [-0.2, 0) is 4.79 Å². The predicted octanol–water partition coefficient (Wildman–Crippen LogP) is 3.75. The molecule has 0 bridgehead atoms. The Kier molecular flexibility index (Phi) is 4.93. The topological polar surface area (TPSA) is 52.9 Å². The van der Waals surface area contributed by atoms with E-state index >= 15 is 0 Å². The number of nitriles is 1. The Morgan fingerprint density at radius 1 is 1.45 bits per heavy atom. The number of ketones is 1. The van der Waals surface area contributed by atoms with Crippen LogP contribution in [0, 0.1) is 23.2 Å². The Morgan fingerprint density at radius 2 is 2.20 bits per heavy atom. The molecule has 0 aromatic carbocycles. The van der Waals surface area contributed by atoms with E-state index in [0.717, 1.165) is 46.9 Å². The summed E-state index contributed by atoms with van der Waals surface area (Å²) in [5, 5.41) is 13.9. The van der Waals surface area contributed by atoms with Crippen molar-refractivity contribution >= 4 is 17.5 Å². The van der Waals surface area contributed by atoms with Crippen LogP contribution in [0.2, 0.25) is 0 Å². The number of Topliss-reactive ketones (excluding diaryl/α,β-unsaturated/α-hetero) is 1. The third kappa shape index (κ3) is 2.93. The summed E-state index contributed by atoms with van der Waals surface area (Å²) < 4.78 is 0. The first-order valence-electron chi connectivity index (χ1n) is 7.38. The van der Waals surface area contributed by atoms with Crippen LogP contribution in [-0.4, -0.2) is 11.5 Å². The monoisotopic (exact) mass is 290 g/mol. The minimum Gasteiger partial charge on any atom is -0.352 e. The van der Waals surface area contributed by atoms with Crippen LogP contribution >= 0.6 is 11.8 Å². The van der Waals surface area contributed by atoms with Gasteiger partial charge in [-0.05, 0) is 30.9 Å². The lowest BCUT2D eigenvalue weighted by molar-refractivity contribution is -0.116. The van der Waals surface area contributed by atoms with Crippen molar-refractivity contribution in [3.8, 4) is 6.07 Å². The zero-order valence-electron chi connectivity index (χ0n) is 12.5. The maximum atomic E-state index is 12.3. The fourth-order valence-corrected chi connectivity index (χ4v) is 3.83. The molecule has 1 N–H and O–H groups in total. The maximum Gasteiger partial charge on any atom is 0.161 e. The first kappa shape index (κ1) is 15.2. The van der Waals surface area contributed by atoms with E-state index in [1.807, 2.05) is 0 Å². The van der Waals surface area contributed by atoms with Gasteiger partial charge in [0.15, 0.2) is 5.78 Å². The number of hydrogen-bond acceptors (Lipinski definition) is 4. The molecule has 2 rings (SSSR count). The van der Waals surface area contributed by atoms with E-state index in [1.165, 1.54) is 0 Å². The minimum absolute atomic E-state index is 0.00176. The molecule has 0 aromatic rings. The lowest BCUT2D eigenvalue weighted by Crippen LogP contribution is -2.32. The second kappa shape index (κ2) is 6.49. The van der Waals surface area contributed by atoms with Gasteiger partial charge in [-0.2, -0.15) is 5.26 Å². The number of rotatable bonds is 4. The van der Waals surface area contributed by atoms with Gasteiger partial charge >= 0.3 is 0 Å². The Morgan fingerprint density at radius 3 is 2.80 bits per heavy atom. The van der Waals surface area contributed by atoms with Gasteiger partial charge in [0, 0.05) is 23.6 Å². The van der Waals surface area contributed by atoms with Crippen LogP contribution in [0.25, 0.3) is 0 Å². The number of nitrogens with zero attached hydrogens (tertiary/aromatic N) is 1. The van der Waals surface area contributed by atoms with Gasteiger partial charge in [-0.25, -0.2) is 0 Å². The fourth-order valence-electron chi connectivity index (χ4n) is 3.00. The normalized spacial score (nSPS) is 22.8. The highest BCUT2D eigenvalue weighted by molar-refractivity contribution is 8.03. The van der Waals surface area contributed by atoms with Gasteiger partial charge in [0.1, 0.15) is 0 Å². The summed E-state index contributed by atoms with van der Waals surface area (Å²) in [5.74, 6) is 1.63. The molecule has 0 unspecified atom stereocenters. The summed E-state index contributed by atoms with van der Waals surface area (Å²) in [5.41, 5.74) is 2.73. The molecule has 2 aliphatic rings. The summed E-state index contributed by atoms with van der Waals surface area (Å²) in [7, 11) is 0. The smallest absolute Gasteiger partial charge is 0.161 e. The van der Waals surface area contributed by atoms with Crippen LogP contribution < -0.4 is 5.32 Å². The third-order valence-electron chi connectivity index (χ3n) is 3.78. The van der Waals surface area contributed by atoms with Crippen molar-refractivity contribution in [3.63, 3.8) is 0 Å². The van der Waals surface area contributed by atoms with E-state index in [2.05, 4.69) is 32.2 Å². The third-order valence-corrected chi connectivity index (χ3v) is 4.68. The molecule has 1 aliphatic heterocycles. The standard InChI is InChI=1S/C16H22N2OS/c1-4-20-16-12(9-17)11(8-10(2)3)15-13(18-16)6-5-7-14(15)19/h10-11,18H,4-8H2,1-3H3/t11-/m1/s1.